The molecule has 0 saturated carbocycles. The third-order valence-electron chi connectivity index (χ3n) is 19.2. The van der Waals surface area contributed by atoms with Gasteiger partial charge in [0.15, 0.2) is 17.1 Å². The van der Waals surface area contributed by atoms with Crippen LogP contribution in [0, 0.1) is 0 Å². The summed E-state index contributed by atoms with van der Waals surface area (Å²) >= 11 is 1.84. The molecule has 0 aliphatic carbocycles. The van der Waals surface area contributed by atoms with Crippen molar-refractivity contribution in [2.45, 2.75) is 0 Å². The number of thiophene rings is 1. The fourth-order valence-corrected chi connectivity index (χ4v) is 16.3. The van der Waals surface area contributed by atoms with Gasteiger partial charge < -0.3 is 8.98 Å². The molecule has 96 heavy (non-hydrogen) atoms. The fourth-order valence-electron chi connectivity index (χ4n) is 15.1. The molecule has 0 bridgehead atoms. The molecular weight excluding hydrogens is 1200 g/mol. The summed E-state index contributed by atoms with van der Waals surface area (Å²) in [5.74, 6) is 1.33. The molecule has 12 aromatic carbocycles. The van der Waals surface area contributed by atoms with Gasteiger partial charge in [0.1, 0.15) is 27.8 Å². The number of aromatic nitrogens is 10. The quantitative estimate of drug-likeness (QED) is 0.169. The molecule has 10 heterocycles. The lowest BCUT2D eigenvalue weighted by Gasteiger charge is -2.12. The second-order valence-electron chi connectivity index (χ2n) is 24.5. The van der Waals surface area contributed by atoms with E-state index in [0.29, 0.717) is 11.8 Å². The molecule has 11 nitrogen and oxygen atoms in total. The van der Waals surface area contributed by atoms with E-state index in [-0.39, 0.29) is 0 Å². The molecule has 0 N–H and O–H groups in total. The summed E-state index contributed by atoms with van der Waals surface area (Å²) in [4.78, 5) is 31.5. The van der Waals surface area contributed by atoms with Crippen LogP contribution in [-0.4, -0.2) is 47.8 Å². The van der Waals surface area contributed by atoms with Crippen LogP contribution in [0.5, 0.6) is 0 Å². The molecular formula is C84H48N10OS. The molecule has 446 valence electrons. The van der Waals surface area contributed by atoms with Crippen molar-refractivity contribution in [3.8, 4) is 45.5 Å². The van der Waals surface area contributed by atoms with E-state index in [2.05, 4.69) is 267 Å². The van der Waals surface area contributed by atoms with Gasteiger partial charge in [0.25, 0.3) is 0 Å². The highest BCUT2D eigenvalue weighted by molar-refractivity contribution is 7.26. The molecule has 0 spiro atoms. The van der Waals surface area contributed by atoms with Gasteiger partial charge in [0.05, 0.1) is 65.7 Å². The molecule has 0 amide bonds. The van der Waals surface area contributed by atoms with Crippen molar-refractivity contribution in [1.29, 1.82) is 0 Å². The first-order valence-electron chi connectivity index (χ1n) is 32.1. The Kier molecular flexibility index (Phi) is 11.1. The molecule has 0 atom stereocenters. The van der Waals surface area contributed by atoms with Crippen LogP contribution in [0.2, 0.25) is 0 Å². The Bertz CT molecular complexity index is 7020. The average molecular weight is 1250 g/mol. The zero-order valence-corrected chi connectivity index (χ0v) is 51.8. The molecule has 12 heteroatoms. The Labute approximate surface area is 548 Å². The number of hydrogen-bond acceptors (Lipinski definition) is 8. The van der Waals surface area contributed by atoms with Crippen LogP contribution >= 0.6 is 11.3 Å². The Morgan fingerprint density at radius 1 is 0.302 bits per heavy atom. The molecule has 22 aromatic rings. The number of nitrogens with zero attached hydrogens (tertiary/aromatic N) is 10. The Morgan fingerprint density at radius 2 is 0.865 bits per heavy atom. The first-order valence-corrected chi connectivity index (χ1v) is 32.9. The summed E-state index contributed by atoms with van der Waals surface area (Å²) in [6, 6.07) is 101. The van der Waals surface area contributed by atoms with Crippen molar-refractivity contribution in [2.24, 2.45) is 0 Å². The summed E-state index contributed by atoms with van der Waals surface area (Å²) in [7, 11) is 0. The van der Waals surface area contributed by atoms with Crippen molar-refractivity contribution in [3.63, 3.8) is 0 Å². The van der Waals surface area contributed by atoms with Gasteiger partial charge in [-0.3, -0.25) is 13.4 Å². The SMILES string of the molecule is c1ccc(-c2nc(-c3ccc(-n4c5ccccc5c5ccc6c(nc7c8ccccc8c8oc9ccccc9c8n67)c54)cc3)nc3ccccc23)cc1.c1ccc(-c2nc(-n3c4ccccc4c4c5sc6ccccc6c5n5c6ccccc6nc5c43)nc3ccccc23)cc1. The first kappa shape index (κ1) is 52.7. The minimum Gasteiger partial charge on any atom is -0.454 e. The minimum atomic E-state index is 0.637. The van der Waals surface area contributed by atoms with E-state index in [9.17, 15) is 0 Å². The van der Waals surface area contributed by atoms with E-state index in [1.807, 2.05) is 53.8 Å². The van der Waals surface area contributed by atoms with Crippen LogP contribution in [0.3, 0.4) is 0 Å². The van der Waals surface area contributed by atoms with Gasteiger partial charge in [-0.2, -0.15) is 0 Å². The smallest absolute Gasteiger partial charge is 0.235 e. The van der Waals surface area contributed by atoms with Gasteiger partial charge in [-0.15, -0.1) is 11.3 Å². The third kappa shape index (κ3) is 7.57. The molecule has 0 unspecified atom stereocenters. The average Bonchev–Trinajstić information content (AvgIpc) is 1.53. The van der Waals surface area contributed by atoms with Crippen molar-refractivity contribution in [3.05, 3.63) is 291 Å². The molecule has 10 aromatic heterocycles. The third-order valence-corrected chi connectivity index (χ3v) is 20.4. The summed E-state index contributed by atoms with van der Waals surface area (Å²) < 4.78 is 18.3. The van der Waals surface area contributed by atoms with Crippen molar-refractivity contribution >= 4 is 163 Å². The number of para-hydroxylation sites is 7. The highest BCUT2D eigenvalue weighted by atomic mass is 32.1. The van der Waals surface area contributed by atoms with Crippen LogP contribution in [0.15, 0.2) is 296 Å². The lowest BCUT2D eigenvalue weighted by Crippen LogP contribution is -2.04. The number of fused-ring (bicyclic) bond motifs is 28. The summed E-state index contributed by atoms with van der Waals surface area (Å²) in [5.41, 5.74) is 21.9. The summed E-state index contributed by atoms with van der Waals surface area (Å²) in [5, 5.41) is 11.2. The number of hydrogen-bond donors (Lipinski definition) is 0. The van der Waals surface area contributed by atoms with Crippen LogP contribution in [0.4, 0.5) is 0 Å². The van der Waals surface area contributed by atoms with Gasteiger partial charge >= 0.3 is 0 Å². The standard InChI is InChI=1S/C47H27N5O.C37H21N5S/c1-2-12-28(13-3-1)41-35-17-6-9-19-37(35)48-46(49-41)29-22-24-30(25-23-29)51-38-20-10-7-14-31(38)32-26-27-39-42(43(32)51)50-47-34-16-5-4-15-33(34)45-44(52(39)47)36-18-8-11-21-40(36)53-45;1-2-12-22(13-3-1)32-23-14-4-7-17-26(23)39-37(40-32)42-28-19-9-5-15-24(28)31-34(42)36-38-27-18-8-10-20-29(27)41(36)33-25-16-6-11-21-30(25)43-35(31)33/h1-27H;1-21H. The minimum absolute atomic E-state index is 0.637. The van der Waals surface area contributed by atoms with Crippen molar-refractivity contribution < 1.29 is 4.42 Å². The van der Waals surface area contributed by atoms with Gasteiger partial charge in [-0.25, -0.2) is 29.9 Å². The predicted octanol–water partition coefficient (Wildman–Crippen LogP) is 21.5. The second kappa shape index (κ2) is 20.3. The molecule has 0 fully saturated rings. The van der Waals surface area contributed by atoms with E-state index in [4.69, 9.17) is 34.3 Å². The topological polar surface area (TPSA) is 109 Å². The fraction of sp³-hybridized carbons (Fsp3) is 0. The van der Waals surface area contributed by atoms with Crippen molar-refractivity contribution in [2.75, 3.05) is 0 Å². The Morgan fingerprint density at radius 3 is 1.60 bits per heavy atom. The highest BCUT2D eigenvalue weighted by Gasteiger charge is 2.28. The van der Waals surface area contributed by atoms with Crippen LogP contribution < -0.4 is 0 Å². The second-order valence-corrected chi connectivity index (χ2v) is 25.5. The maximum Gasteiger partial charge on any atom is 0.235 e. The Balaban J connectivity index is 0.000000130. The van der Waals surface area contributed by atoms with Gasteiger partial charge in [0.2, 0.25) is 5.95 Å². The number of benzene rings is 12. The van der Waals surface area contributed by atoms with Gasteiger partial charge in [0, 0.05) is 80.9 Å². The molecule has 0 aliphatic heterocycles. The van der Waals surface area contributed by atoms with Crippen LogP contribution in [0.1, 0.15) is 0 Å². The molecule has 0 aliphatic rings. The van der Waals surface area contributed by atoms with E-state index >= 15 is 0 Å². The Hall–Kier alpha value is -12.9. The largest absolute Gasteiger partial charge is 0.454 e. The van der Waals surface area contributed by atoms with Gasteiger partial charge in [-0.1, -0.05) is 200 Å². The normalized spacial score (nSPS) is 12.2. The van der Waals surface area contributed by atoms with Gasteiger partial charge in [-0.05, 0) is 91.0 Å². The van der Waals surface area contributed by atoms with E-state index < -0.39 is 0 Å². The lowest BCUT2D eigenvalue weighted by atomic mass is 10.1. The van der Waals surface area contributed by atoms with Crippen LogP contribution in [0.25, 0.3) is 197 Å². The number of imidazole rings is 2. The van der Waals surface area contributed by atoms with E-state index in [1.54, 1.807) is 0 Å². The zero-order chi connectivity index (χ0) is 62.7. The van der Waals surface area contributed by atoms with Crippen molar-refractivity contribution in [1.82, 2.24) is 47.8 Å². The first-order chi connectivity index (χ1) is 47.6. The lowest BCUT2D eigenvalue weighted by molar-refractivity contribution is 0.672. The summed E-state index contributed by atoms with van der Waals surface area (Å²) in [6.07, 6.45) is 0. The monoisotopic (exact) mass is 1240 g/mol. The van der Waals surface area contributed by atoms with Crippen LogP contribution in [-0.2, 0) is 0 Å². The highest BCUT2D eigenvalue weighted by Crippen LogP contribution is 2.47. The van der Waals surface area contributed by atoms with E-state index in [1.165, 1.54) is 36.5 Å². The zero-order valence-electron chi connectivity index (χ0n) is 51.0. The molecule has 22 rings (SSSR count). The number of pyridine rings is 2. The molecule has 0 saturated heterocycles. The number of rotatable bonds is 5. The number of furan rings is 1. The molecule has 0 radical (unpaired) electrons. The maximum absolute atomic E-state index is 6.56. The maximum atomic E-state index is 6.56. The predicted molar refractivity (Wildman–Crippen MR) is 394 cm³/mol. The summed E-state index contributed by atoms with van der Waals surface area (Å²) in [6.45, 7) is 0. The van der Waals surface area contributed by atoms with E-state index in [0.717, 1.165) is 149 Å².